The van der Waals surface area contributed by atoms with Crippen LogP contribution in [0.5, 0.6) is 5.75 Å². The van der Waals surface area contributed by atoms with Crippen LogP contribution in [0.4, 0.5) is 0 Å². The molecule has 0 saturated carbocycles. The minimum Gasteiger partial charge on any atom is -0.493 e. The molecular formula is C11H14ClNO2S. The number of carbonyl (C=O) groups is 1. The van der Waals surface area contributed by atoms with Crippen molar-refractivity contribution in [1.29, 1.82) is 0 Å². The third-order valence-electron chi connectivity index (χ3n) is 1.92. The van der Waals surface area contributed by atoms with Gasteiger partial charge in [-0.2, -0.15) is 0 Å². The van der Waals surface area contributed by atoms with Crippen LogP contribution in [0.2, 0.25) is 5.02 Å². The number of hydrogen-bond acceptors (Lipinski definition) is 3. The predicted molar refractivity (Wildman–Crippen MR) is 68.1 cm³/mol. The maximum absolute atomic E-state index is 10.8. The van der Waals surface area contributed by atoms with Crippen molar-refractivity contribution in [2.45, 2.75) is 12.2 Å². The predicted octanol–water partition coefficient (Wildman–Crippen LogP) is 2.33. The lowest BCUT2D eigenvalue weighted by molar-refractivity contribution is -0.117. The Bertz CT molecular complexity index is 360. The van der Waals surface area contributed by atoms with E-state index in [-0.39, 0.29) is 11.2 Å². The topological polar surface area (TPSA) is 52.3 Å². The first kappa shape index (κ1) is 13.2. The number of thioether (sulfide) groups is 1. The van der Waals surface area contributed by atoms with E-state index < -0.39 is 0 Å². The molecule has 1 aromatic rings. The molecular weight excluding hydrogens is 246 g/mol. The second-order valence-electron chi connectivity index (χ2n) is 3.22. The Kier molecular flexibility index (Phi) is 5.49. The zero-order chi connectivity index (χ0) is 12.0. The Morgan fingerprint density at radius 3 is 3.00 bits per heavy atom. The van der Waals surface area contributed by atoms with Crippen LogP contribution in [-0.4, -0.2) is 23.5 Å². The molecule has 0 heterocycles. The van der Waals surface area contributed by atoms with Crippen molar-refractivity contribution in [1.82, 2.24) is 0 Å². The summed E-state index contributed by atoms with van der Waals surface area (Å²) < 4.78 is 5.46. The van der Waals surface area contributed by atoms with Crippen molar-refractivity contribution >= 4 is 29.3 Å². The minimum atomic E-state index is -0.298. The fourth-order valence-electron chi connectivity index (χ4n) is 1.02. The Morgan fingerprint density at radius 1 is 1.62 bits per heavy atom. The van der Waals surface area contributed by atoms with Gasteiger partial charge in [0.15, 0.2) is 0 Å². The zero-order valence-electron chi connectivity index (χ0n) is 8.98. The number of rotatable bonds is 6. The molecule has 1 aromatic carbocycles. The van der Waals surface area contributed by atoms with Crippen LogP contribution in [-0.2, 0) is 4.79 Å². The summed E-state index contributed by atoms with van der Waals surface area (Å²) in [5.74, 6) is 1.16. The molecule has 0 bridgehead atoms. The van der Waals surface area contributed by atoms with Crippen LogP contribution in [0.1, 0.15) is 6.92 Å². The van der Waals surface area contributed by atoms with Gasteiger partial charge in [0.2, 0.25) is 5.91 Å². The summed E-state index contributed by atoms with van der Waals surface area (Å²) in [6.45, 7) is 2.31. The van der Waals surface area contributed by atoms with E-state index >= 15 is 0 Å². The summed E-state index contributed by atoms with van der Waals surface area (Å²) >= 11 is 7.28. The van der Waals surface area contributed by atoms with Crippen molar-refractivity contribution in [3.05, 3.63) is 29.3 Å². The van der Waals surface area contributed by atoms with E-state index in [1.807, 2.05) is 12.1 Å². The molecule has 0 aliphatic rings. The normalized spacial score (nSPS) is 12.1. The lowest BCUT2D eigenvalue weighted by Crippen LogP contribution is -2.23. The number of primary amides is 1. The maximum Gasteiger partial charge on any atom is 0.230 e. The quantitative estimate of drug-likeness (QED) is 0.798. The highest BCUT2D eigenvalue weighted by molar-refractivity contribution is 8.00. The Labute approximate surface area is 104 Å². The van der Waals surface area contributed by atoms with Crippen molar-refractivity contribution in [2.75, 3.05) is 12.4 Å². The summed E-state index contributed by atoms with van der Waals surface area (Å²) in [5, 5.41) is 0.471. The van der Waals surface area contributed by atoms with Crippen molar-refractivity contribution in [3.63, 3.8) is 0 Å². The fraction of sp³-hybridized carbons (Fsp3) is 0.364. The molecule has 3 nitrogen and oxygen atoms in total. The van der Waals surface area contributed by atoms with Gasteiger partial charge in [0, 0.05) is 10.8 Å². The average molecular weight is 260 g/mol. The molecule has 0 aliphatic carbocycles. The van der Waals surface area contributed by atoms with Gasteiger partial charge < -0.3 is 10.5 Å². The van der Waals surface area contributed by atoms with Gasteiger partial charge >= 0.3 is 0 Å². The molecule has 0 aromatic heterocycles. The Hall–Kier alpha value is -0.870. The zero-order valence-corrected chi connectivity index (χ0v) is 10.6. The van der Waals surface area contributed by atoms with E-state index in [1.54, 1.807) is 19.1 Å². The van der Waals surface area contributed by atoms with Crippen LogP contribution in [0.15, 0.2) is 24.3 Å². The van der Waals surface area contributed by atoms with Crippen LogP contribution >= 0.6 is 23.4 Å². The van der Waals surface area contributed by atoms with Gasteiger partial charge in [0.25, 0.3) is 0 Å². The van der Waals surface area contributed by atoms with Crippen molar-refractivity contribution in [2.24, 2.45) is 5.73 Å². The molecule has 0 aliphatic heterocycles. The van der Waals surface area contributed by atoms with Gasteiger partial charge in [-0.15, -0.1) is 11.8 Å². The smallest absolute Gasteiger partial charge is 0.230 e. The van der Waals surface area contributed by atoms with Gasteiger partial charge in [0.1, 0.15) is 5.75 Å². The third-order valence-corrected chi connectivity index (χ3v) is 3.29. The summed E-state index contributed by atoms with van der Waals surface area (Å²) in [6.07, 6.45) is 0. The van der Waals surface area contributed by atoms with E-state index in [1.165, 1.54) is 11.8 Å². The first-order valence-corrected chi connectivity index (χ1v) is 6.31. The summed E-state index contributed by atoms with van der Waals surface area (Å²) in [7, 11) is 0. The molecule has 0 spiro atoms. The summed E-state index contributed by atoms with van der Waals surface area (Å²) in [6, 6.07) is 7.22. The van der Waals surface area contributed by atoms with Gasteiger partial charge in [-0.3, -0.25) is 4.79 Å². The van der Waals surface area contributed by atoms with Crippen LogP contribution in [0.3, 0.4) is 0 Å². The number of carbonyl (C=O) groups excluding carboxylic acids is 1. The van der Waals surface area contributed by atoms with Crippen molar-refractivity contribution in [3.8, 4) is 5.75 Å². The lowest BCUT2D eigenvalue weighted by Gasteiger charge is -2.08. The maximum atomic E-state index is 10.8. The Balaban J connectivity index is 2.23. The molecule has 1 rings (SSSR count). The van der Waals surface area contributed by atoms with E-state index in [2.05, 4.69) is 0 Å². The highest BCUT2D eigenvalue weighted by Crippen LogP contribution is 2.17. The van der Waals surface area contributed by atoms with Crippen LogP contribution in [0, 0.1) is 0 Å². The molecule has 0 saturated heterocycles. The summed E-state index contributed by atoms with van der Waals surface area (Å²) in [5.41, 5.74) is 5.13. The van der Waals surface area contributed by atoms with E-state index in [4.69, 9.17) is 22.1 Å². The minimum absolute atomic E-state index is 0.178. The van der Waals surface area contributed by atoms with E-state index in [9.17, 15) is 4.79 Å². The van der Waals surface area contributed by atoms with Gasteiger partial charge in [0.05, 0.1) is 11.9 Å². The van der Waals surface area contributed by atoms with Gasteiger partial charge in [-0.25, -0.2) is 0 Å². The van der Waals surface area contributed by atoms with Crippen molar-refractivity contribution < 1.29 is 9.53 Å². The second kappa shape index (κ2) is 6.66. The molecule has 2 N–H and O–H groups in total. The molecule has 16 heavy (non-hydrogen) atoms. The SMILES string of the molecule is C[C@@H](SCCOc1cccc(Cl)c1)C(N)=O. The molecule has 0 unspecified atom stereocenters. The molecule has 1 amide bonds. The van der Waals surface area contributed by atoms with Crippen LogP contribution < -0.4 is 10.5 Å². The van der Waals surface area contributed by atoms with E-state index in [0.29, 0.717) is 11.6 Å². The molecule has 0 fully saturated rings. The van der Waals surface area contributed by atoms with Gasteiger partial charge in [-0.1, -0.05) is 17.7 Å². The number of amides is 1. The van der Waals surface area contributed by atoms with E-state index in [0.717, 1.165) is 11.5 Å². The number of ether oxygens (including phenoxy) is 1. The monoisotopic (exact) mass is 259 g/mol. The first-order chi connectivity index (χ1) is 7.59. The number of halogens is 1. The molecule has 1 atom stereocenters. The number of benzene rings is 1. The van der Waals surface area contributed by atoms with Crippen LogP contribution in [0.25, 0.3) is 0 Å². The van der Waals surface area contributed by atoms with Gasteiger partial charge in [-0.05, 0) is 25.1 Å². The molecule has 0 radical (unpaired) electrons. The largest absolute Gasteiger partial charge is 0.493 e. The fourth-order valence-corrected chi connectivity index (χ4v) is 1.90. The second-order valence-corrected chi connectivity index (χ2v) is 5.11. The number of hydrogen-bond donors (Lipinski definition) is 1. The lowest BCUT2D eigenvalue weighted by atomic mass is 10.3. The number of nitrogens with two attached hydrogens (primary N) is 1. The Morgan fingerprint density at radius 2 is 2.38 bits per heavy atom. The standard InChI is InChI=1S/C11H14ClNO2S/c1-8(11(13)14)16-6-5-15-10-4-2-3-9(12)7-10/h2-4,7-8H,5-6H2,1H3,(H2,13,14)/t8-/m1/s1. The third kappa shape index (κ3) is 4.77. The molecule has 88 valence electrons. The average Bonchev–Trinajstić information content (AvgIpc) is 2.24. The summed E-state index contributed by atoms with van der Waals surface area (Å²) in [4.78, 5) is 10.8. The molecule has 5 heteroatoms. The highest BCUT2D eigenvalue weighted by atomic mass is 35.5. The first-order valence-electron chi connectivity index (χ1n) is 4.89. The highest BCUT2D eigenvalue weighted by Gasteiger charge is 2.08.